The van der Waals surface area contributed by atoms with Crippen LogP contribution >= 0.6 is 0 Å². The quantitative estimate of drug-likeness (QED) is 0.735. The Morgan fingerprint density at radius 1 is 1.44 bits per heavy atom. The van der Waals surface area contributed by atoms with Gasteiger partial charge in [-0.1, -0.05) is 13.8 Å². The van der Waals surface area contributed by atoms with Gasteiger partial charge in [0.2, 0.25) is 0 Å². The first kappa shape index (κ1) is 11.4. The number of carbonyl (C=O) groups excluding carboxylic acids is 1. The highest BCUT2D eigenvalue weighted by atomic mass is 16.6. The molecule has 2 unspecified atom stereocenters. The number of carbonyl (C=O) groups is 1. The van der Waals surface area contributed by atoms with Crippen LogP contribution in [0, 0.1) is 6.92 Å². The number of hydrogen-bond acceptors (Lipinski definition) is 3. The molecule has 0 radical (unpaired) electrons. The molecular formula is C13H18O3. The number of furan rings is 1. The second-order valence-electron chi connectivity index (χ2n) is 5.20. The second kappa shape index (κ2) is 3.74. The van der Waals surface area contributed by atoms with Crippen molar-refractivity contribution in [1.82, 2.24) is 0 Å². The van der Waals surface area contributed by atoms with Gasteiger partial charge < -0.3 is 9.15 Å². The van der Waals surface area contributed by atoms with Crippen molar-refractivity contribution in [3.63, 3.8) is 0 Å². The molecule has 2 atom stereocenters. The minimum Gasteiger partial charge on any atom is -0.466 e. The van der Waals surface area contributed by atoms with Crippen molar-refractivity contribution < 1.29 is 13.9 Å². The van der Waals surface area contributed by atoms with Gasteiger partial charge in [-0.15, -0.1) is 0 Å². The summed E-state index contributed by atoms with van der Waals surface area (Å²) in [6, 6.07) is 3.97. The van der Waals surface area contributed by atoms with Crippen LogP contribution in [0.4, 0.5) is 0 Å². The first-order valence-corrected chi connectivity index (χ1v) is 5.63. The minimum atomic E-state index is -0.185. The van der Waals surface area contributed by atoms with Crippen molar-refractivity contribution in [2.24, 2.45) is 0 Å². The molecule has 1 aliphatic heterocycles. The molecule has 3 nitrogen and oxygen atoms in total. The van der Waals surface area contributed by atoms with E-state index in [1.807, 2.05) is 19.1 Å². The highest BCUT2D eigenvalue weighted by Gasteiger charge is 2.46. The first-order valence-electron chi connectivity index (χ1n) is 5.63. The average molecular weight is 222 g/mol. The van der Waals surface area contributed by atoms with Gasteiger partial charge in [-0.2, -0.15) is 0 Å². The van der Waals surface area contributed by atoms with E-state index in [4.69, 9.17) is 9.15 Å². The smallest absolute Gasteiger partial charge is 0.161 e. The zero-order valence-electron chi connectivity index (χ0n) is 10.2. The van der Waals surface area contributed by atoms with Gasteiger partial charge in [0.1, 0.15) is 17.6 Å². The molecule has 88 valence electrons. The summed E-state index contributed by atoms with van der Waals surface area (Å²) < 4.78 is 11.0. The number of ketones is 1. The normalized spacial score (nSPS) is 24.5. The van der Waals surface area contributed by atoms with Crippen molar-refractivity contribution >= 4 is 5.78 Å². The molecule has 16 heavy (non-hydrogen) atoms. The maximum absolute atomic E-state index is 11.1. The van der Waals surface area contributed by atoms with Crippen LogP contribution in [0.3, 0.4) is 0 Å². The fraction of sp³-hybridized carbons (Fsp3) is 0.615. The summed E-state index contributed by atoms with van der Waals surface area (Å²) >= 11 is 0. The van der Waals surface area contributed by atoms with Gasteiger partial charge in [0, 0.05) is 5.41 Å². The molecule has 0 amide bonds. The lowest BCUT2D eigenvalue weighted by molar-refractivity contribution is -0.118. The molecule has 2 heterocycles. The summed E-state index contributed by atoms with van der Waals surface area (Å²) in [5.74, 6) is 2.00. The van der Waals surface area contributed by atoms with Crippen LogP contribution in [0.15, 0.2) is 16.5 Å². The first-order chi connectivity index (χ1) is 7.40. The fourth-order valence-corrected chi connectivity index (χ4v) is 2.06. The number of epoxide rings is 1. The molecule has 1 aromatic rings. The SMILES string of the molecule is CC(=O)C1OC1CC(C)(C)c1ccc(C)o1. The van der Waals surface area contributed by atoms with Crippen molar-refractivity contribution in [1.29, 1.82) is 0 Å². The zero-order chi connectivity index (χ0) is 11.9. The van der Waals surface area contributed by atoms with E-state index in [-0.39, 0.29) is 23.4 Å². The molecule has 1 fully saturated rings. The van der Waals surface area contributed by atoms with Gasteiger partial charge in [-0.25, -0.2) is 0 Å². The third-order valence-electron chi connectivity index (χ3n) is 3.10. The van der Waals surface area contributed by atoms with Gasteiger partial charge in [-0.05, 0) is 32.4 Å². The summed E-state index contributed by atoms with van der Waals surface area (Å²) in [6.45, 7) is 7.74. The van der Waals surface area contributed by atoms with Gasteiger partial charge in [0.25, 0.3) is 0 Å². The summed E-state index contributed by atoms with van der Waals surface area (Å²) in [5, 5.41) is 0. The van der Waals surface area contributed by atoms with Crippen LogP contribution in [0.25, 0.3) is 0 Å². The van der Waals surface area contributed by atoms with Gasteiger partial charge in [0.15, 0.2) is 5.78 Å². The molecule has 0 saturated carbocycles. The number of rotatable bonds is 4. The summed E-state index contributed by atoms with van der Waals surface area (Å²) in [7, 11) is 0. The molecule has 2 rings (SSSR count). The lowest BCUT2D eigenvalue weighted by atomic mass is 9.84. The third-order valence-corrected chi connectivity index (χ3v) is 3.10. The molecule has 1 aliphatic rings. The maximum atomic E-state index is 11.1. The predicted octanol–water partition coefficient (Wildman–Crippen LogP) is 2.61. The molecule has 0 N–H and O–H groups in total. The van der Waals surface area contributed by atoms with Gasteiger partial charge in [0.05, 0.1) is 6.10 Å². The molecular weight excluding hydrogens is 204 g/mol. The number of aryl methyl sites for hydroxylation is 1. The van der Waals surface area contributed by atoms with E-state index in [0.29, 0.717) is 0 Å². The Hall–Kier alpha value is -1.09. The Morgan fingerprint density at radius 2 is 2.12 bits per heavy atom. The lowest BCUT2D eigenvalue weighted by Gasteiger charge is -2.20. The number of Topliss-reactive ketones (excluding diaryl/α,β-unsaturated/α-hetero) is 1. The van der Waals surface area contributed by atoms with E-state index in [1.54, 1.807) is 6.92 Å². The minimum absolute atomic E-state index is 0.0675. The standard InChI is InChI=1S/C13H18O3/c1-8-5-6-11(15-8)13(3,4)7-10-12(16-10)9(2)14/h5-6,10,12H,7H2,1-4H3. The Balaban J connectivity index is 2.01. The number of ether oxygens (including phenoxy) is 1. The fourth-order valence-electron chi connectivity index (χ4n) is 2.06. The maximum Gasteiger partial charge on any atom is 0.161 e. The molecule has 0 bridgehead atoms. The van der Waals surface area contributed by atoms with Crippen LogP contribution in [-0.2, 0) is 14.9 Å². The number of hydrogen-bond donors (Lipinski definition) is 0. The topological polar surface area (TPSA) is 42.7 Å². The lowest BCUT2D eigenvalue weighted by Crippen LogP contribution is -2.20. The van der Waals surface area contributed by atoms with Crippen LogP contribution in [0.2, 0.25) is 0 Å². The predicted molar refractivity (Wildman–Crippen MR) is 60.4 cm³/mol. The molecule has 3 heteroatoms. The van der Waals surface area contributed by atoms with Crippen LogP contribution in [0.1, 0.15) is 38.7 Å². The van der Waals surface area contributed by atoms with Crippen molar-refractivity contribution in [2.45, 2.75) is 51.7 Å². The van der Waals surface area contributed by atoms with Crippen molar-refractivity contribution in [3.05, 3.63) is 23.7 Å². The third kappa shape index (κ3) is 2.19. The van der Waals surface area contributed by atoms with Crippen molar-refractivity contribution in [3.8, 4) is 0 Å². The second-order valence-corrected chi connectivity index (χ2v) is 5.20. The van der Waals surface area contributed by atoms with Crippen LogP contribution in [-0.4, -0.2) is 18.0 Å². The summed E-state index contributed by atoms with van der Waals surface area (Å²) in [6.07, 6.45) is 0.706. The molecule has 0 spiro atoms. The Morgan fingerprint density at radius 3 is 2.56 bits per heavy atom. The van der Waals surface area contributed by atoms with E-state index < -0.39 is 0 Å². The highest BCUT2D eigenvalue weighted by Crippen LogP contribution is 2.37. The Kier molecular flexibility index (Phi) is 2.66. The van der Waals surface area contributed by atoms with E-state index >= 15 is 0 Å². The largest absolute Gasteiger partial charge is 0.466 e. The average Bonchev–Trinajstić information content (AvgIpc) is 2.77. The molecule has 0 aliphatic carbocycles. The van der Waals surface area contributed by atoms with E-state index in [0.717, 1.165) is 17.9 Å². The van der Waals surface area contributed by atoms with Gasteiger partial charge >= 0.3 is 0 Å². The molecule has 1 aromatic heterocycles. The van der Waals surface area contributed by atoms with E-state index in [1.165, 1.54) is 0 Å². The summed E-state index contributed by atoms with van der Waals surface area (Å²) in [4.78, 5) is 11.1. The molecule has 0 aromatic carbocycles. The van der Waals surface area contributed by atoms with Crippen LogP contribution in [0.5, 0.6) is 0 Å². The van der Waals surface area contributed by atoms with Gasteiger partial charge in [-0.3, -0.25) is 4.79 Å². The zero-order valence-corrected chi connectivity index (χ0v) is 10.2. The highest BCUT2D eigenvalue weighted by molar-refractivity contribution is 5.83. The molecule has 1 saturated heterocycles. The van der Waals surface area contributed by atoms with E-state index in [9.17, 15) is 4.79 Å². The van der Waals surface area contributed by atoms with E-state index in [2.05, 4.69) is 13.8 Å². The Bertz CT molecular complexity index is 403. The van der Waals surface area contributed by atoms with Crippen molar-refractivity contribution in [2.75, 3.05) is 0 Å². The summed E-state index contributed by atoms with van der Waals surface area (Å²) in [5.41, 5.74) is -0.0802. The Labute approximate surface area is 95.8 Å². The monoisotopic (exact) mass is 222 g/mol. The van der Waals surface area contributed by atoms with Crippen LogP contribution < -0.4 is 0 Å².